The number of hydrogen-bond donors (Lipinski definition) is 3. The Bertz CT molecular complexity index is 1080. The average molecular weight is 382 g/mol. The number of hydrogen-bond acceptors (Lipinski definition) is 4. The number of nitrogens with zero attached hydrogens (tertiary/aromatic N) is 1. The van der Waals surface area contributed by atoms with Crippen molar-refractivity contribution in [2.45, 2.75) is 0 Å². The number of aromatic carboxylic acids is 1. The summed E-state index contributed by atoms with van der Waals surface area (Å²) < 4.78 is 22.0. The number of rotatable bonds is 6. The highest BCUT2D eigenvalue weighted by Crippen LogP contribution is 2.19. The molecule has 3 rings (SSSR count). The highest BCUT2D eigenvalue weighted by Gasteiger charge is 2.06. The Morgan fingerprint density at radius 2 is 1.70 bits per heavy atom. The molecule has 0 amide bonds. The van der Waals surface area contributed by atoms with Crippen molar-refractivity contribution in [2.75, 3.05) is 4.72 Å². The van der Waals surface area contributed by atoms with Crippen molar-refractivity contribution in [1.29, 1.82) is 0 Å². The van der Waals surface area contributed by atoms with Crippen LogP contribution in [0.3, 0.4) is 0 Å². The molecule has 0 aliphatic heterocycles. The summed E-state index contributed by atoms with van der Waals surface area (Å²) in [5, 5.41) is 9.65. The zero-order chi connectivity index (χ0) is 19.4. The first-order valence-corrected chi connectivity index (χ1v) is 8.87. The van der Waals surface area contributed by atoms with Crippen LogP contribution in [0.5, 0.6) is 0 Å². The molecule has 136 valence electrons. The molecule has 1 atom stereocenters. The van der Waals surface area contributed by atoms with E-state index >= 15 is 0 Å². The molecule has 0 saturated carbocycles. The molecule has 7 nitrogen and oxygen atoms in total. The lowest BCUT2D eigenvalue weighted by Gasteiger charge is -2.04. The van der Waals surface area contributed by atoms with Gasteiger partial charge in [-0.2, -0.15) is 0 Å². The third-order valence-electron chi connectivity index (χ3n) is 3.74. The van der Waals surface area contributed by atoms with Gasteiger partial charge in [-0.1, -0.05) is 18.2 Å². The molecule has 0 saturated heterocycles. The summed E-state index contributed by atoms with van der Waals surface area (Å²) in [6.07, 6.45) is 2.94. The van der Waals surface area contributed by atoms with Crippen molar-refractivity contribution >= 4 is 45.7 Å². The zero-order valence-corrected chi connectivity index (χ0v) is 14.6. The highest BCUT2D eigenvalue weighted by molar-refractivity contribution is 7.80. The molecule has 8 heteroatoms. The van der Waals surface area contributed by atoms with Gasteiger partial charge in [0.05, 0.1) is 16.8 Å². The van der Waals surface area contributed by atoms with Gasteiger partial charge in [0, 0.05) is 16.6 Å². The Morgan fingerprint density at radius 1 is 1.00 bits per heavy atom. The lowest BCUT2D eigenvalue weighted by atomic mass is 10.1. The summed E-state index contributed by atoms with van der Waals surface area (Å²) in [5.41, 5.74) is 2.23. The van der Waals surface area contributed by atoms with E-state index in [0.717, 1.165) is 5.39 Å². The summed E-state index contributed by atoms with van der Waals surface area (Å²) in [7, 11) is 0. The second kappa shape index (κ2) is 7.90. The van der Waals surface area contributed by atoms with Crippen LogP contribution in [0.25, 0.3) is 17.0 Å². The van der Waals surface area contributed by atoms with Gasteiger partial charge in [0.25, 0.3) is 11.3 Å². The molecule has 1 aromatic heterocycles. The molecular weight excluding hydrogens is 368 g/mol. The van der Waals surface area contributed by atoms with Crippen LogP contribution in [0.2, 0.25) is 0 Å². The van der Waals surface area contributed by atoms with Gasteiger partial charge >= 0.3 is 5.97 Å². The molecule has 0 radical (unpaired) electrons. The van der Waals surface area contributed by atoms with Crippen LogP contribution in [0, 0.1) is 0 Å². The smallest absolute Gasteiger partial charge is 0.335 e. The van der Waals surface area contributed by atoms with Crippen LogP contribution in [-0.2, 0) is 11.3 Å². The summed E-state index contributed by atoms with van der Waals surface area (Å²) in [4.78, 5) is 27.4. The van der Waals surface area contributed by atoms with E-state index < -0.39 is 17.2 Å². The standard InChI is InChI=1S/C19H14N2O5S/c22-18(12-1-3-13(4-2-12)19(23)24)10-8-15-6-5-14-11-16(21-27(25)26)7-9-17(14)20-15/h1-11,21H,(H,23,24)(H,25,26). The predicted octanol–water partition coefficient (Wildman–Crippen LogP) is 3.38. The van der Waals surface area contributed by atoms with Gasteiger partial charge in [-0.15, -0.1) is 0 Å². The Balaban J connectivity index is 1.77. The maximum absolute atomic E-state index is 12.2. The average Bonchev–Trinajstić information content (AvgIpc) is 2.65. The van der Waals surface area contributed by atoms with Gasteiger partial charge in [0.2, 0.25) is 0 Å². The number of fused-ring (bicyclic) bond motifs is 1. The Hall–Kier alpha value is -3.36. The summed E-state index contributed by atoms with van der Waals surface area (Å²) >= 11 is -2.15. The second-order valence-electron chi connectivity index (χ2n) is 5.57. The first kappa shape index (κ1) is 18.4. The lowest BCUT2D eigenvalue weighted by Crippen LogP contribution is -2.01. The second-order valence-corrected chi connectivity index (χ2v) is 6.28. The first-order chi connectivity index (χ1) is 12.9. The fraction of sp³-hybridized carbons (Fsp3) is 0. The van der Waals surface area contributed by atoms with E-state index in [-0.39, 0.29) is 11.3 Å². The lowest BCUT2D eigenvalue weighted by molar-refractivity contribution is 0.0696. The van der Waals surface area contributed by atoms with Gasteiger partial charge in [-0.3, -0.25) is 14.1 Å². The van der Waals surface area contributed by atoms with Crippen molar-refractivity contribution in [3.63, 3.8) is 0 Å². The van der Waals surface area contributed by atoms with E-state index in [1.54, 1.807) is 36.4 Å². The van der Waals surface area contributed by atoms with Gasteiger partial charge in [-0.05, 0) is 48.6 Å². The number of aromatic nitrogens is 1. The van der Waals surface area contributed by atoms with Crippen LogP contribution in [0.1, 0.15) is 26.4 Å². The van der Waals surface area contributed by atoms with Gasteiger partial charge in [0.15, 0.2) is 5.78 Å². The highest BCUT2D eigenvalue weighted by atomic mass is 32.2. The van der Waals surface area contributed by atoms with Crippen molar-refractivity contribution in [2.24, 2.45) is 0 Å². The molecule has 0 aliphatic carbocycles. The zero-order valence-electron chi connectivity index (χ0n) is 13.8. The van der Waals surface area contributed by atoms with Crippen molar-refractivity contribution in [3.05, 3.63) is 77.5 Å². The number of anilines is 1. The summed E-state index contributed by atoms with van der Waals surface area (Å²) in [6.45, 7) is 0. The molecule has 0 spiro atoms. The van der Waals surface area contributed by atoms with Crippen LogP contribution < -0.4 is 4.72 Å². The minimum atomic E-state index is -2.15. The van der Waals surface area contributed by atoms with E-state index in [2.05, 4.69) is 9.71 Å². The molecule has 1 unspecified atom stereocenters. The summed E-state index contributed by atoms with van der Waals surface area (Å²) in [5.74, 6) is -1.31. The topological polar surface area (TPSA) is 117 Å². The maximum Gasteiger partial charge on any atom is 0.335 e. The van der Waals surface area contributed by atoms with E-state index in [4.69, 9.17) is 9.66 Å². The van der Waals surface area contributed by atoms with E-state index in [1.165, 1.54) is 30.3 Å². The van der Waals surface area contributed by atoms with Crippen LogP contribution in [0.15, 0.2) is 60.7 Å². The molecule has 0 aliphatic rings. The van der Waals surface area contributed by atoms with Crippen molar-refractivity contribution in [1.82, 2.24) is 4.98 Å². The third-order valence-corrected chi connectivity index (χ3v) is 4.15. The van der Waals surface area contributed by atoms with E-state index in [9.17, 15) is 13.8 Å². The Kier molecular flexibility index (Phi) is 5.39. The van der Waals surface area contributed by atoms with E-state index in [0.29, 0.717) is 22.5 Å². The number of ketones is 1. The minimum absolute atomic E-state index is 0.116. The van der Waals surface area contributed by atoms with Crippen LogP contribution >= 0.6 is 0 Å². The molecular formula is C19H14N2O5S. The molecule has 2 aromatic carbocycles. The molecule has 3 N–H and O–H groups in total. The normalized spacial score (nSPS) is 12.2. The van der Waals surface area contributed by atoms with Gasteiger partial charge < -0.3 is 5.11 Å². The molecule has 0 bridgehead atoms. The predicted molar refractivity (Wildman–Crippen MR) is 103 cm³/mol. The molecule has 0 fully saturated rings. The van der Waals surface area contributed by atoms with Gasteiger partial charge in [0.1, 0.15) is 0 Å². The van der Waals surface area contributed by atoms with Crippen molar-refractivity contribution in [3.8, 4) is 0 Å². The number of pyridine rings is 1. The fourth-order valence-electron chi connectivity index (χ4n) is 2.43. The largest absolute Gasteiger partial charge is 0.478 e. The van der Waals surface area contributed by atoms with Crippen LogP contribution in [0.4, 0.5) is 5.69 Å². The number of nitrogens with one attached hydrogen (secondary N) is 1. The number of carbonyl (C=O) groups is 2. The number of carbonyl (C=O) groups excluding carboxylic acids is 1. The number of carboxylic acid groups (broad SMARTS) is 1. The van der Waals surface area contributed by atoms with Crippen molar-refractivity contribution < 1.29 is 23.5 Å². The quantitative estimate of drug-likeness (QED) is 0.342. The molecule has 3 aromatic rings. The number of allylic oxidation sites excluding steroid dienone is 1. The van der Waals surface area contributed by atoms with Crippen LogP contribution in [-0.4, -0.2) is 30.6 Å². The maximum atomic E-state index is 12.2. The van der Waals surface area contributed by atoms with Gasteiger partial charge in [-0.25, -0.2) is 14.0 Å². The van der Waals surface area contributed by atoms with E-state index in [1.807, 2.05) is 0 Å². The molecule has 1 heterocycles. The molecule has 27 heavy (non-hydrogen) atoms. The SMILES string of the molecule is O=C(O)c1ccc(C(=O)C=Cc2ccc3cc(NS(=O)O)ccc3n2)cc1. The Morgan fingerprint density at radius 3 is 2.37 bits per heavy atom. The third kappa shape index (κ3) is 4.63. The summed E-state index contributed by atoms with van der Waals surface area (Å²) in [6, 6.07) is 14.2. The fourth-order valence-corrected chi connectivity index (χ4v) is 2.76. The first-order valence-electron chi connectivity index (χ1n) is 7.76. The monoisotopic (exact) mass is 382 g/mol. The number of benzene rings is 2. The number of carboxylic acids is 1. The Labute approximate surface area is 156 Å². The minimum Gasteiger partial charge on any atom is -0.478 e.